The average Bonchev–Trinajstić information content (AvgIpc) is 2.95. The Morgan fingerprint density at radius 1 is 0.805 bits per heavy atom. The highest BCUT2D eigenvalue weighted by atomic mass is 35.5. The van der Waals surface area contributed by atoms with E-state index < -0.39 is 11.8 Å². The zero-order chi connectivity index (χ0) is 29.4. The number of nitrogens with one attached hydrogen (secondary N) is 3. The Morgan fingerprint density at radius 2 is 1.51 bits per heavy atom. The van der Waals surface area contributed by atoms with Gasteiger partial charge in [0.15, 0.2) is 0 Å². The normalized spacial score (nSPS) is 11.1. The number of hydrogen-bond donors (Lipinski definition) is 3. The summed E-state index contributed by atoms with van der Waals surface area (Å²) in [6.45, 7) is 3.95. The van der Waals surface area contributed by atoms with Crippen molar-refractivity contribution in [2.45, 2.75) is 18.7 Å². The molecule has 0 unspecified atom stereocenters. The molecule has 0 fully saturated rings. The van der Waals surface area contributed by atoms with Crippen LogP contribution in [-0.2, 0) is 9.59 Å². The predicted octanol–water partition coefficient (Wildman–Crippen LogP) is 7.75. The van der Waals surface area contributed by atoms with Crippen LogP contribution in [0.1, 0.15) is 27.0 Å². The number of carbonyl (C=O) groups excluding carboxylic acids is 3. The maximum absolute atomic E-state index is 13.4. The molecule has 0 aliphatic heterocycles. The molecule has 0 heterocycles. The van der Waals surface area contributed by atoms with Crippen molar-refractivity contribution in [1.29, 1.82) is 0 Å². The van der Waals surface area contributed by atoms with Crippen LogP contribution < -0.4 is 16.0 Å². The predicted molar refractivity (Wildman–Crippen MR) is 169 cm³/mol. The molecule has 3 N–H and O–H groups in total. The molecule has 4 rings (SSSR count). The standard InChI is InChI=1S/C32H27Cl2N3O3S/c1-20-14-15-28(21(2)16-20)36-30(38)19-41-24-11-6-10-23(17-24)35-32(40)29(18-25-26(33)12-7-13-27(25)34)37-31(39)22-8-4-3-5-9-22/h3-18H,19H2,1-2H3,(H,35,40)(H,36,38)(H,37,39)/b29-18+. The van der Waals surface area contributed by atoms with Crippen molar-refractivity contribution in [3.8, 4) is 0 Å². The van der Waals surface area contributed by atoms with E-state index in [1.807, 2.05) is 38.1 Å². The second-order valence-electron chi connectivity index (χ2n) is 9.15. The fraction of sp³-hybridized carbons (Fsp3) is 0.0938. The van der Waals surface area contributed by atoms with E-state index in [2.05, 4.69) is 16.0 Å². The van der Waals surface area contributed by atoms with E-state index in [0.29, 0.717) is 26.9 Å². The number of benzene rings is 4. The van der Waals surface area contributed by atoms with Crippen LogP contribution in [0.3, 0.4) is 0 Å². The zero-order valence-corrected chi connectivity index (χ0v) is 24.7. The van der Waals surface area contributed by atoms with Crippen molar-refractivity contribution in [2.75, 3.05) is 16.4 Å². The van der Waals surface area contributed by atoms with Crippen LogP contribution in [0.25, 0.3) is 6.08 Å². The Bertz CT molecular complexity index is 1600. The number of hydrogen-bond acceptors (Lipinski definition) is 4. The molecule has 6 nitrogen and oxygen atoms in total. The van der Waals surface area contributed by atoms with Gasteiger partial charge in [0.1, 0.15) is 5.70 Å². The van der Waals surface area contributed by atoms with Gasteiger partial charge < -0.3 is 16.0 Å². The minimum atomic E-state index is -0.569. The minimum absolute atomic E-state index is 0.0419. The fourth-order valence-electron chi connectivity index (χ4n) is 3.89. The van der Waals surface area contributed by atoms with Crippen molar-refractivity contribution < 1.29 is 14.4 Å². The monoisotopic (exact) mass is 603 g/mol. The summed E-state index contributed by atoms with van der Waals surface area (Å²) < 4.78 is 0. The smallest absolute Gasteiger partial charge is 0.272 e. The Kier molecular flexibility index (Phi) is 10.2. The van der Waals surface area contributed by atoms with Crippen molar-refractivity contribution in [3.63, 3.8) is 0 Å². The molecule has 4 aromatic rings. The lowest BCUT2D eigenvalue weighted by atomic mass is 10.1. The zero-order valence-electron chi connectivity index (χ0n) is 22.3. The van der Waals surface area contributed by atoms with E-state index in [0.717, 1.165) is 21.7 Å². The fourth-order valence-corrected chi connectivity index (χ4v) is 5.15. The molecule has 4 aromatic carbocycles. The van der Waals surface area contributed by atoms with Crippen LogP contribution in [0.15, 0.2) is 102 Å². The second-order valence-corrected chi connectivity index (χ2v) is 11.0. The van der Waals surface area contributed by atoms with Crippen LogP contribution in [0.5, 0.6) is 0 Å². The van der Waals surface area contributed by atoms with Gasteiger partial charge in [-0.2, -0.15) is 0 Å². The third-order valence-electron chi connectivity index (χ3n) is 5.94. The highest BCUT2D eigenvalue weighted by Crippen LogP contribution is 2.27. The minimum Gasteiger partial charge on any atom is -0.325 e. The number of halogens is 2. The molecule has 0 saturated heterocycles. The van der Waals surface area contributed by atoms with E-state index in [1.54, 1.807) is 66.7 Å². The van der Waals surface area contributed by atoms with Crippen LogP contribution in [0, 0.1) is 13.8 Å². The van der Waals surface area contributed by atoms with Gasteiger partial charge in [0.2, 0.25) is 5.91 Å². The van der Waals surface area contributed by atoms with Gasteiger partial charge in [-0.1, -0.05) is 71.2 Å². The van der Waals surface area contributed by atoms with Gasteiger partial charge in [0.25, 0.3) is 11.8 Å². The summed E-state index contributed by atoms with van der Waals surface area (Å²) in [7, 11) is 0. The lowest BCUT2D eigenvalue weighted by Crippen LogP contribution is -2.30. The maximum atomic E-state index is 13.4. The van der Waals surface area contributed by atoms with Gasteiger partial charge in [0.05, 0.1) is 5.75 Å². The maximum Gasteiger partial charge on any atom is 0.272 e. The lowest BCUT2D eigenvalue weighted by molar-refractivity contribution is -0.114. The SMILES string of the molecule is Cc1ccc(NC(=O)CSc2cccc(NC(=O)/C(=C\c3c(Cl)cccc3Cl)NC(=O)c3ccccc3)c2)c(C)c1. The molecule has 0 saturated carbocycles. The number of anilines is 2. The molecule has 0 radical (unpaired) electrons. The van der Waals surface area contributed by atoms with Crippen molar-refractivity contribution >= 4 is 70.1 Å². The largest absolute Gasteiger partial charge is 0.325 e. The van der Waals surface area contributed by atoms with Crippen LogP contribution in [-0.4, -0.2) is 23.5 Å². The third kappa shape index (κ3) is 8.47. The first-order valence-corrected chi connectivity index (χ1v) is 14.4. The highest BCUT2D eigenvalue weighted by molar-refractivity contribution is 8.00. The second kappa shape index (κ2) is 14.0. The molecular formula is C32H27Cl2N3O3S. The van der Waals surface area contributed by atoms with E-state index in [-0.39, 0.29) is 17.4 Å². The Hall–Kier alpha value is -4.04. The molecule has 208 valence electrons. The molecule has 0 aromatic heterocycles. The molecular weight excluding hydrogens is 577 g/mol. The van der Waals surface area contributed by atoms with Gasteiger partial charge in [-0.3, -0.25) is 14.4 Å². The van der Waals surface area contributed by atoms with E-state index in [1.165, 1.54) is 17.8 Å². The van der Waals surface area contributed by atoms with Gasteiger partial charge in [-0.25, -0.2) is 0 Å². The summed E-state index contributed by atoms with van der Waals surface area (Å²) in [4.78, 5) is 39.6. The molecule has 0 atom stereocenters. The molecule has 41 heavy (non-hydrogen) atoms. The van der Waals surface area contributed by atoms with Crippen LogP contribution in [0.2, 0.25) is 10.0 Å². The first-order valence-electron chi connectivity index (χ1n) is 12.6. The topological polar surface area (TPSA) is 87.3 Å². The third-order valence-corrected chi connectivity index (χ3v) is 7.59. The highest BCUT2D eigenvalue weighted by Gasteiger charge is 2.17. The van der Waals surface area contributed by atoms with Gasteiger partial charge >= 0.3 is 0 Å². The van der Waals surface area contributed by atoms with Crippen molar-refractivity contribution in [3.05, 3.63) is 129 Å². The molecule has 9 heteroatoms. The number of thioether (sulfide) groups is 1. The van der Waals surface area contributed by atoms with E-state index >= 15 is 0 Å². The Morgan fingerprint density at radius 3 is 2.22 bits per heavy atom. The number of aryl methyl sites for hydroxylation is 2. The molecule has 0 aliphatic rings. The first kappa shape index (κ1) is 29.9. The molecule has 0 bridgehead atoms. The quantitative estimate of drug-likeness (QED) is 0.135. The Labute approximate surface area is 253 Å². The summed E-state index contributed by atoms with van der Waals surface area (Å²) >= 11 is 14.0. The average molecular weight is 605 g/mol. The lowest BCUT2D eigenvalue weighted by Gasteiger charge is -2.13. The molecule has 0 aliphatic carbocycles. The first-order chi connectivity index (χ1) is 19.7. The summed E-state index contributed by atoms with van der Waals surface area (Å²) in [5.74, 6) is -0.982. The van der Waals surface area contributed by atoms with Crippen LogP contribution in [0.4, 0.5) is 11.4 Å². The van der Waals surface area contributed by atoms with Gasteiger partial charge in [-0.05, 0) is 74.0 Å². The van der Waals surface area contributed by atoms with Crippen molar-refractivity contribution in [2.24, 2.45) is 0 Å². The summed E-state index contributed by atoms with van der Waals surface area (Å²) in [6.07, 6.45) is 1.44. The molecule has 3 amide bonds. The van der Waals surface area contributed by atoms with E-state index in [4.69, 9.17) is 23.2 Å². The number of rotatable bonds is 9. The summed E-state index contributed by atoms with van der Waals surface area (Å²) in [5, 5.41) is 9.08. The van der Waals surface area contributed by atoms with Crippen LogP contribution >= 0.6 is 35.0 Å². The number of carbonyl (C=O) groups is 3. The van der Waals surface area contributed by atoms with Crippen molar-refractivity contribution in [1.82, 2.24) is 5.32 Å². The summed E-state index contributed by atoms with van der Waals surface area (Å²) in [5.41, 5.74) is 4.12. The number of amides is 3. The Balaban J connectivity index is 1.48. The van der Waals surface area contributed by atoms with Gasteiger partial charge in [-0.15, -0.1) is 11.8 Å². The summed E-state index contributed by atoms with van der Waals surface area (Å²) in [6, 6.07) is 26.5. The molecule has 0 spiro atoms. The van der Waals surface area contributed by atoms with E-state index in [9.17, 15) is 14.4 Å². The van der Waals surface area contributed by atoms with Gasteiger partial charge in [0, 0.05) is 37.4 Å².